The minimum Gasteiger partial charge on any atom is -0.397 e. The molecule has 4 nitrogen and oxygen atoms in total. The molecule has 19 heavy (non-hydrogen) atoms. The third-order valence-electron chi connectivity index (χ3n) is 2.70. The molecule has 3 N–H and O–H groups in total. The highest BCUT2D eigenvalue weighted by Gasteiger charge is 2.09. The molecule has 2 aromatic rings. The van der Waals surface area contributed by atoms with Gasteiger partial charge < -0.3 is 11.1 Å². The third-order valence-corrected chi connectivity index (χ3v) is 2.70. The molecule has 0 unspecified atom stereocenters. The molecule has 5 heteroatoms. The first-order chi connectivity index (χ1) is 8.95. The molecule has 0 atom stereocenters. The Kier molecular flexibility index (Phi) is 3.46. The lowest BCUT2D eigenvalue weighted by Crippen LogP contribution is -2.13. The van der Waals surface area contributed by atoms with Crippen LogP contribution >= 0.6 is 0 Å². The number of hydrogen-bond donors (Lipinski definition) is 2. The topological polar surface area (TPSA) is 68.0 Å². The Hall–Kier alpha value is -2.43. The van der Waals surface area contributed by atoms with Crippen LogP contribution in [0.1, 0.15) is 21.5 Å². The molecule has 0 fully saturated rings. The van der Waals surface area contributed by atoms with Gasteiger partial charge in [0.1, 0.15) is 11.6 Å². The predicted octanol–water partition coefficient (Wildman–Crippen LogP) is 2.67. The number of aromatic nitrogens is 1. The van der Waals surface area contributed by atoms with Gasteiger partial charge in [0.05, 0.1) is 11.9 Å². The van der Waals surface area contributed by atoms with Gasteiger partial charge in [-0.1, -0.05) is 0 Å². The third kappa shape index (κ3) is 3.07. The van der Waals surface area contributed by atoms with Gasteiger partial charge in [0.2, 0.25) is 0 Å². The monoisotopic (exact) mass is 259 g/mol. The summed E-state index contributed by atoms with van der Waals surface area (Å²) in [6.07, 6.45) is 1.47. The van der Waals surface area contributed by atoms with Gasteiger partial charge in [-0.25, -0.2) is 9.37 Å². The zero-order valence-electron chi connectivity index (χ0n) is 10.7. The lowest BCUT2D eigenvalue weighted by Gasteiger charge is -2.07. The molecule has 1 aromatic heterocycles. The maximum absolute atomic E-state index is 13.2. The van der Waals surface area contributed by atoms with E-state index < -0.39 is 11.7 Å². The van der Waals surface area contributed by atoms with Crippen molar-refractivity contribution in [1.29, 1.82) is 0 Å². The highest BCUT2D eigenvalue weighted by Crippen LogP contribution is 2.15. The first-order valence-electron chi connectivity index (χ1n) is 5.76. The van der Waals surface area contributed by atoms with E-state index in [0.717, 1.165) is 5.56 Å². The summed E-state index contributed by atoms with van der Waals surface area (Å²) in [5, 5.41) is 2.61. The van der Waals surface area contributed by atoms with E-state index in [1.807, 2.05) is 6.92 Å². The Balaban J connectivity index is 2.22. The van der Waals surface area contributed by atoms with Gasteiger partial charge >= 0.3 is 0 Å². The first kappa shape index (κ1) is 13.0. The van der Waals surface area contributed by atoms with Crippen LogP contribution in [0.2, 0.25) is 0 Å². The van der Waals surface area contributed by atoms with E-state index >= 15 is 0 Å². The van der Waals surface area contributed by atoms with Gasteiger partial charge in [-0.15, -0.1) is 0 Å². The van der Waals surface area contributed by atoms with Crippen molar-refractivity contribution in [3.8, 4) is 0 Å². The molecular formula is C14H14FN3O. The number of carbonyl (C=O) groups is 1. The minimum absolute atomic E-state index is 0.258. The van der Waals surface area contributed by atoms with Crippen LogP contribution in [0, 0.1) is 19.7 Å². The molecule has 0 spiro atoms. The number of nitrogens with one attached hydrogen (secondary N) is 1. The van der Waals surface area contributed by atoms with Gasteiger partial charge in [0.15, 0.2) is 0 Å². The molecule has 0 aliphatic heterocycles. The average molecular weight is 259 g/mol. The molecule has 0 aliphatic rings. The maximum atomic E-state index is 13.2. The van der Waals surface area contributed by atoms with Crippen molar-refractivity contribution in [2.45, 2.75) is 13.8 Å². The molecule has 0 aliphatic carbocycles. The largest absolute Gasteiger partial charge is 0.397 e. The number of nitrogens with two attached hydrogens (primary N) is 1. The Morgan fingerprint density at radius 1 is 1.26 bits per heavy atom. The lowest BCUT2D eigenvalue weighted by molar-refractivity contribution is 0.102. The van der Waals surface area contributed by atoms with Crippen LogP contribution in [0.3, 0.4) is 0 Å². The van der Waals surface area contributed by atoms with Crippen molar-refractivity contribution in [3.05, 3.63) is 53.0 Å². The number of benzene rings is 1. The Morgan fingerprint density at radius 2 is 2.00 bits per heavy atom. The zero-order chi connectivity index (χ0) is 14.0. The van der Waals surface area contributed by atoms with Crippen molar-refractivity contribution in [2.24, 2.45) is 0 Å². The van der Waals surface area contributed by atoms with E-state index in [1.54, 1.807) is 19.1 Å². The van der Waals surface area contributed by atoms with Gasteiger partial charge in [-0.3, -0.25) is 4.79 Å². The summed E-state index contributed by atoms with van der Waals surface area (Å²) in [5.41, 5.74) is 7.97. The number of nitrogens with zero attached hydrogens (tertiary/aromatic N) is 1. The Bertz CT molecular complexity index is 620. The number of halogens is 1. The zero-order valence-corrected chi connectivity index (χ0v) is 10.7. The van der Waals surface area contributed by atoms with Crippen LogP contribution < -0.4 is 11.1 Å². The second kappa shape index (κ2) is 5.06. The van der Waals surface area contributed by atoms with Gasteiger partial charge in [-0.2, -0.15) is 0 Å². The van der Waals surface area contributed by atoms with Crippen LogP contribution in [-0.4, -0.2) is 10.9 Å². The molecule has 0 radical (unpaired) electrons. The van der Waals surface area contributed by atoms with Gasteiger partial charge in [0.25, 0.3) is 5.91 Å². The van der Waals surface area contributed by atoms with E-state index in [-0.39, 0.29) is 5.56 Å². The average Bonchev–Trinajstić information content (AvgIpc) is 2.32. The van der Waals surface area contributed by atoms with Crippen LogP contribution in [0.15, 0.2) is 30.5 Å². The smallest absolute Gasteiger partial charge is 0.256 e. The number of pyridine rings is 1. The fourth-order valence-corrected chi connectivity index (χ4v) is 1.69. The molecule has 98 valence electrons. The normalized spacial score (nSPS) is 10.3. The first-order valence-corrected chi connectivity index (χ1v) is 5.76. The van der Waals surface area contributed by atoms with E-state index in [0.29, 0.717) is 17.1 Å². The van der Waals surface area contributed by atoms with Crippen molar-refractivity contribution in [3.63, 3.8) is 0 Å². The summed E-state index contributed by atoms with van der Waals surface area (Å²) in [7, 11) is 0. The number of anilines is 2. The minimum atomic E-state index is -0.438. The number of carbonyl (C=O) groups excluding carboxylic acids is 1. The summed E-state index contributed by atoms with van der Waals surface area (Å²) in [5.74, 6) is -0.454. The molecular weight excluding hydrogens is 245 g/mol. The Morgan fingerprint density at radius 3 is 2.63 bits per heavy atom. The standard InChI is InChI=1S/C14H14FN3O/c1-8-3-10(6-11(15)4-8)14(19)18-13-5-9(2)12(16)7-17-13/h3-7H,16H2,1-2H3,(H,17,18,19). The van der Waals surface area contributed by atoms with Crippen LogP contribution in [-0.2, 0) is 0 Å². The SMILES string of the molecule is Cc1cc(F)cc(C(=O)Nc2cc(C)c(N)cn2)c1. The summed E-state index contributed by atoms with van der Waals surface area (Å²) in [6, 6.07) is 5.83. The molecule has 0 saturated heterocycles. The number of amides is 1. The number of hydrogen-bond acceptors (Lipinski definition) is 3. The van der Waals surface area contributed by atoms with Gasteiger partial charge in [0, 0.05) is 5.56 Å². The summed E-state index contributed by atoms with van der Waals surface area (Å²) in [6.45, 7) is 3.55. The van der Waals surface area contributed by atoms with Crippen LogP contribution in [0.25, 0.3) is 0 Å². The van der Waals surface area contributed by atoms with Crippen molar-refractivity contribution in [1.82, 2.24) is 4.98 Å². The second-order valence-electron chi connectivity index (χ2n) is 4.40. The van der Waals surface area contributed by atoms with Crippen molar-refractivity contribution >= 4 is 17.4 Å². The van der Waals surface area contributed by atoms with E-state index in [1.165, 1.54) is 18.3 Å². The van der Waals surface area contributed by atoms with E-state index in [9.17, 15) is 9.18 Å². The number of nitrogen functional groups attached to an aromatic ring is 1. The number of rotatable bonds is 2. The molecule has 1 amide bonds. The molecule has 2 rings (SSSR count). The van der Waals surface area contributed by atoms with Gasteiger partial charge in [-0.05, 0) is 49.2 Å². The highest BCUT2D eigenvalue weighted by molar-refractivity contribution is 6.03. The summed E-state index contributed by atoms with van der Waals surface area (Å²) in [4.78, 5) is 16.0. The lowest BCUT2D eigenvalue weighted by atomic mass is 10.1. The summed E-state index contributed by atoms with van der Waals surface area (Å²) >= 11 is 0. The number of aryl methyl sites for hydroxylation is 2. The predicted molar refractivity (Wildman–Crippen MR) is 72.5 cm³/mol. The second-order valence-corrected chi connectivity index (χ2v) is 4.40. The fraction of sp³-hybridized carbons (Fsp3) is 0.143. The molecule has 1 aromatic carbocycles. The quantitative estimate of drug-likeness (QED) is 0.871. The van der Waals surface area contributed by atoms with Crippen LogP contribution in [0.5, 0.6) is 0 Å². The fourth-order valence-electron chi connectivity index (χ4n) is 1.69. The molecule has 0 saturated carbocycles. The summed E-state index contributed by atoms with van der Waals surface area (Å²) < 4.78 is 13.2. The highest BCUT2D eigenvalue weighted by atomic mass is 19.1. The maximum Gasteiger partial charge on any atom is 0.256 e. The van der Waals surface area contributed by atoms with E-state index in [4.69, 9.17) is 5.73 Å². The molecule has 0 bridgehead atoms. The van der Waals surface area contributed by atoms with E-state index in [2.05, 4.69) is 10.3 Å². The van der Waals surface area contributed by atoms with Crippen LogP contribution in [0.4, 0.5) is 15.9 Å². The van der Waals surface area contributed by atoms with Crippen molar-refractivity contribution < 1.29 is 9.18 Å². The molecule has 1 heterocycles. The Labute approximate surface area is 110 Å². The van der Waals surface area contributed by atoms with Crippen molar-refractivity contribution in [2.75, 3.05) is 11.1 Å².